The van der Waals surface area contributed by atoms with Crippen molar-refractivity contribution in [3.8, 4) is 6.07 Å². The molecule has 1 atom stereocenters. The number of hydrogen-bond donors (Lipinski definition) is 1. The molecule has 1 aliphatic heterocycles. The predicted molar refractivity (Wildman–Crippen MR) is 64.6 cm³/mol. The largest absolute Gasteiger partial charge is 0.433 e. The van der Waals surface area contributed by atoms with Crippen molar-refractivity contribution in [3.63, 3.8) is 0 Å². The average Bonchev–Trinajstić information content (AvgIpc) is 3.05. The lowest BCUT2D eigenvalue weighted by atomic mass is 10.1. The van der Waals surface area contributed by atoms with Gasteiger partial charge >= 0.3 is 5.88 Å². The first kappa shape index (κ1) is 13.5. The summed E-state index contributed by atoms with van der Waals surface area (Å²) >= 11 is 0. The number of nitrogens with zero attached hydrogens (tertiary/aromatic N) is 3. The van der Waals surface area contributed by atoms with Crippen molar-refractivity contribution in [2.75, 3.05) is 6.54 Å². The van der Waals surface area contributed by atoms with Crippen molar-refractivity contribution < 1.29 is 19.0 Å². The van der Waals surface area contributed by atoms with Crippen LogP contribution in [0.5, 0.6) is 0 Å². The molecule has 9 heteroatoms. The van der Waals surface area contributed by atoms with Crippen molar-refractivity contribution in [1.29, 1.82) is 5.26 Å². The van der Waals surface area contributed by atoms with Gasteiger partial charge in [0.05, 0.1) is 18.7 Å². The van der Waals surface area contributed by atoms with Crippen molar-refractivity contribution in [2.24, 2.45) is 5.16 Å². The van der Waals surface area contributed by atoms with Crippen LogP contribution in [0.15, 0.2) is 21.7 Å². The second-order valence-electron chi connectivity index (χ2n) is 4.00. The third-order valence-electron chi connectivity index (χ3n) is 2.56. The molecule has 0 bridgehead atoms. The molecular formula is C11H10N4O5. The van der Waals surface area contributed by atoms with E-state index < -0.39 is 10.8 Å². The number of carbonyl (C=O) groups excluding carboxylic acids is 1. The van der Waals surface area contributed by atoms with E-state index in [4.69, 9.17) is 14.5 Å². The normalized spacial score (nSPS) is 16.9. The zero-order valence-electron chi connectivity index (χ0n) is 10.2. The highest BCUT2D eigenvalue weighted by molar-refractivity contribution is 5.99. The maximum Gasteiger partial charge on any atom is 0.433 e. The summed E-state index contributed by atoms with van der Waals surface area (Å²) in [5.41, 5.74) is 0.442. The van der Waals surface area contributed by atoms with Crippen LogP contribution in [-0.4, -0.2) is 29.2 Å². The number of nitrogens with one attached hydrogen (secondary N) is 1. The van der Waals surface area contributed by atoms with Gasteiger partial charge in [0.1, 0.15) is 17.1 Å². The molecule has 1 unspecified atom stereocenters. The molecule has 9 nitrogen and oxygen atoms in total. The molecule has 0 saturated heterocycles. The summed E-state index contributed by atoms with van der Waals surface area (Å²) in [4.78, 5) is 26.0. The Morgan fingerprint density at radius 1 is 1.65 bits per heavy atom. The molecule has 0 spiro atoms. The van der Waals surface area contributed by atoms with Crippen LogP contribution in [0.2, 0.25) is 0 Å². The Hall–Kier alpha value is -2.89. The van der Waals surface area contributed by atoms with Gasteiger partial charge in [-0.1, -0.05) is 5.16 Å². The van der Waals surface area contributed by atoms with Gasteiger partial charge in [-0.15, -0.1) is 0 Å². The number of furan rings is 1. The fraction of sp³-hybridized carbons (Fsp3) is 0.364. The van der Waals surface area contributed by atoms with Crippen molar-refractivity contribution in [3.05, 3.63) is 28.0 Å². The van der Waals surface area contributed by atoms with E-state index >= 15 is 0 Å². The highest BCUT2D eigenvalue weighted by Gasteiger charge is 2.26. The Bertz CT molecular complexity index is 600. The standard InChI is InChI=1S/C11H10N4O5/c12-4-3-10(16)13-6-7-5-8(14-20-7)9-1-2-11(19-9)15(17)18/h1-2,7H,3,5-6H2,(H,13,16). The summed E-state index contributed by atoms with van der Waals surface area (Å²) in [6, 6.07) is 4.41. The van der Waals surface area contributed by atoms with Gasteiger partial charge < -0.3 is 14.6 Å². The molecule has 0 fully saturated rings. The predicted octanol–water partition coefficient (Wildman–Crippen LogP) is 0.711. The minimum absolute atomic E-state index is 0.205. The summed E-state index contributed by atoms with van der Waals surface area (Å²) in [6.45, 7) is 0.205. The summed E-state index contributed by atoms with van der Waals surface area (Å²) in [7, 11) is 0. The number of rotatable bonds is 5. The summed E-state index contributed by atoms with van der Waals surface area (Å²) in [5, 5.41) is 25.1. The first-order chi connectivity index (χ1) is 9.60. The third kappa shape index (κ3) is 3.11. The summed E-state index contributed by atoms with van der Waals surface area (Å²) in [6.07, 6.45) is -0.237. The Kier molecular flexibility index (Phi) is 3.95. The van der Waals surface area contributed by atoms with Gasteiger partial charge in [-0.3, -0.25) is 14.9 Å². The SMILES string of the molecule is N#CCC(=O)NCC1CC(c2ccc([N+](=O)[O-])o2)=NO1. The quantitative estimate of drug-likeness (QED) is 0.623. The smallest absolute Gasteiger partial charge is 0.399 e. The topological polar surface area (TPSA) is 131 Å². The maximum atomic E-state index is 11.1. The number of oxime groups is 1. The fourth-order valence-corrected chi connectivity index (χ4v) is 1.63. The van der Waals surface area contributed by atoms with Gasteiger partial charge in [0.15, 0.2) is 11.9 Å². The minimum atomic E-state index is -0.639. The van der Waals surface area contributed by atoms with Crippen LogP contribution in [0, 0.1) is 21.4 Å². The van der Waals surface area contributed by atoms with Gasteiger partial charge in [-0.25, -0.2) is 0 Å². The first-order valence-electron chi connectivity index (χ1n) is 5.71. The first-order valence-corrected chi connectivity index (χ1v) is 5.71. The van der Waals surface area contributed by atoms with E-state index in [0.29, 0.717) is 12.1 Å². The van der Waals surface area contributed by atoms with Crippen LogP contribution in [-0.2, 0) is 9.63 Å². The monoisotopic (exact) mass is 278 g/mol. The summed E-state index contributed by atoms with van der Waals surface area (Å²) < 4.78 is 5.00. The van der Waals surface area contributed by atoms with E-state index in [1.54, 1.807) is 6.07 Å². The average molecular weight is 278 g/mol. The van der Waals surface area contributed by atoms with Crippen molar-refractivity contribution in [2.45, 2.75) is 18.9 Å². The van der Waals surface area contributed by atoms with E-state index in [9.17, 15) is 14.9 Å². The molecule has 0 aromatic carbocycles. The third-order valence-corrected chi connectivity index (χ3v) is 2.56. The van der Waals surface area contributed by atoms with Crippen LogP contribution in [0.1, 0.15) is 18.6 Å². The Labute approximate surface area is 112 Å². The van der Waals surface area contributed by atoms with E-state index in [-0.39, 0.29) is 30.7 Å². The Morgan fingerprint density at radius 3 is 3.10 bits per heavy atom. The lowest BCUT2D eigenvalue weighted by Gasteiger charge is -2.07. The number of hydrogen-bond acceptors (Lipinski definition) is 7. The number of nitriles is 1. The zero-order valence-corrected chi connectivity index (χ0v) is 10.2. The molecule has 1 aromatic rings. The molecule has 1 N–H and O–H groups in total. The number of amides is 1. The molecule has 20 heavy (non-hydrogen) atoms. The van der Waals surface area contributed by atoms with Gasteiger partial charge in [0.2, 0.25) is 5.91 Å². The Balaban J connectivity index is 1.86. The second-order valence-corrected chi connectivity index (χ2v) is 4.00. The van der Waals surface area contributed by atoms with Gasteiger partial charge in [-0.05, 0) is 6.07 Å². The van der Waals surface area contributed by atoms with Crippen LogP contribution >= 0.6 is 0 Å². The number of carbonyl (C=O) groups is 1. The molecule has 2 rings (SSSR count). The zero-order chi connectivity index (χ0) is 14.5. The number of nitro groups is 1. The van der Waals surface area contributed by atoms with E-state index in [1.807, 2.05) is 0 Å². The van der Waals surface area contributed by atoms with E-state index in [1.165, 1.54) is 12.1 Å². The van der Waals surface area contributed by atoms with E-state index in [2.05, 4.69) is 10.5 Å². The van der Waals surface area contributed by atoms with Gasteiger partial charge in [0, 0.05) is 6.42 Å². The summed E-state index contributed by atoms with van der Waals surface area (Å²) in [5.74, 6) is -0.491. The van der Waals surface area contributed by atoms with Gasteiger partial charge in [0.25, 0.3) is 0 Å². The highest BCUT2D eigenvalue weighted by Crippen LogP contribution is 2.21. The highest BCUT2D eigenvalue weighted by atomic mass is 16.7. The minimum Gasteiger partial charge on any atom is -0.399 e. The fourth-order valence-electron chi connectivity index (χ4n) is 1.63. The van der Waals surface area contributed by atoms with Crippen LogP contribution in [0.4, 0.5) is 5.88 Å². The molecule has 1 amide bonds. The molecule has 0 aliphatic carbocycles. The maximum absolute atomic E-state index is 11.1. The molecule has 1 aromatic heterocycles. The van der Waals surface area contributed by atoms with E-state index in [0.717, 1.165) is 0 Å². The van der Waals surface area contributed by atoms with Crippen molar-refractivity contribution in [1.82, 2.24) is 5.32 Å². The van der Waals surface area contributed by atoms with Crippen molar-refractivity contribution >= 4 is 17.5 Å². The molecule has 0 radical (unpaired) electrons. The molecular weight excluding hydrogens is 268 g/mol. The second kappa shape index (κ2) is 5.83. The lowest BCUT2D eigenvalue weighted by molar-refractivity contribution is -0.402. The van der Waals surface area contributed by atoms with Crippen LogP contribution in [0.3, 0.4) is 0 Å². The molecule has 104 valence electrons. The van der Waals surface area contributed by atoms with Crippen LogP contribution < -0.4 is 5.32 Å². The Morgan fingerprint density at radius 2 is 2.45 bits per heavy atom. The molecule has 1 aliphatic rings. The van der Waals surface area contributed by atoms with Crippen LogP contribution in [0.25, 0.3) is 0 Å². The van der Waals surface area contributed by atoms with Gasteiger partial charge in [-0.2, -0.15) is 5.26 Å². The molecule has 2 heterocycles. The molecule has 0 saturated carbocycles. The lowest BCUT2D eigenvalue weighted by Crippen LogP contribution is -2.31.